The minimum Gasteiger partial charge on any atom is -0.475 e. The fourth-order valence-corrected chi connectivity index (χ4v) is 3.19. The van der Waals surface area contributed by atoms with E-state index in [1.807, 2.05) is 0 Å². The largest absolute Gasteiger partial charge is 0.475 e. The normalized spacial score (nSPS) is 13.4. The molecule has 0 unspecified atom stereocenters. The highest BCUT2D eigenvalue weighted by atomic mass is 35.5. The van der Waals surface area contributed by atoms with Crippen molar-refractivity contribution >= 4 is 23.3 Å². The number of rotatable bonds is 2. The summed E-state index contributed by atoms with van der Waals surface area (Å²) in [5.41, 5.74) is -0.229. The van der Waals surface area contributed by atoms with Crippen molar-refractivity contribution in [1.29, 1.82) is 0 Å². The van der Waals surface area contributed by atoms with Gasteiger partial charge in [-0.15, -0.1) is 5.10 Å². The minimum absolute atomic E-state index is 0.0783. The molecule has 0 fully saturated rings. The Morgan fingerprint density at radius 1 is 1.14 bits per heavy atom. The first-order valence-corrected chi connectivity index (χ1v) is 8.34. The van der Waals surface area contributed by atoms with Crippen molar-refractivity contribution in [1.82, 2.24) is 14.8 Å². The number of alkyl halides is 3. The van der Waals surface area contributed by atoms with E-state index in [2.05, 4.69) is 15.1 Å². The summed E-state index contributed by atoms with van der Waals surface area (Å²) in [7, 11) is 0. The molecule has 28 heavy (non-hydrogen) atoms. The number of aliphatic imine (C=N–C) groups is 1. The molecule has 2 aromatic carbocycles. The van der Waals surface area contributed by atoms with E-state index in [0.717, 1.165) is 6.07 Å². The van der Waals surface area contributed by atoms with Crippen molar-refractivity contribution in [3.05, 3.63) is 75.8 Å². The molecule has 0 amide bonds. The molecule has 0 aliphatic carbocycles. The number of carbonyl (C=O) groups is 1. The number of hydrogen-bond donors (Lipinski definition) is 1. The molecule has 1 N–H and O–H groups in total. The summed E-state index contributed by atoms with van der Waals surface area (Å²) in [6, 6.07) is 9.64. The Balaban J connectivity index is 1.98. The molecule has 0 saturated heterocycles. The van der Waals surface area contributed by atoms with Crippen LogP contribution in [0.5, 0.6) is 0 Å². The van der Waals surface area contributed by atoms with Gasteiger partial charge in [-0.1, -0.05) is 29.8 Å². The second kappa shape index (κ2) is 6.45. The van der Waals surface area contributed by atoms with E-state index in [1.165, 1.54) is 35.0 Å². The number of carboxylic acid groups (broad SMARTS) is 1. The quantitative estimate of drug-likeness (QED) is 0.697. The van der Waals surface area contributed by atoms with Gasteiger partial charge in [-0.25, -0.2) is 14.5 Å². The highest BCUT2D eigenvalue weighted by Gasteiger charge is 2.35. The maximum Gasteiger partial charge on any atom is 0.417 e. The smallest absolute Gasteiger partial charge is 0.417 e. The number of nitrogens with zero attached hydrogens (tertiary/aromatic N) is 4. The highest BCUT2D eigenvalue weighted by molar-refractivity contribution is 6.31. The van der Waals surface area contributed by atoms with Crippen LogP contribution in [0.2, 0.25) is 5.02 Å². The van der Waals surface area contributed by atoms with Crippen LogP contribution in [-0.4, -0.2) is 31.6 Å². The Bertz CT molecular complexity index is 1140. The molecule has 4 rings (SSSR count). The molecular formula is C18H10ClF3N4O2. The molecule has 3 aromatic rings. The highest BCUT2D eigenvalue weighted by Crippen LogP contribution is 2.35. The van der Waals surface area contributed by atoms with Gasteiger partial charge in [0.1, 0.15) is 0 Å². The number of hydrogen-bond acceptors (Lipinski definition) is 4. The number of halogens is 4. The summed E-state index contributed by atoms with van der Waals surface area (Å²) < 4.78 is 41.9. The van der Waals surface area contributed by atoms with Gasteiger partial charge in [0.25, 0.3) is 5.82 Å². The summed E-state index contributed by atoms with van der Waals surface area (Å²) in [6.07, 6.45) is -4.58. The Hall–Kier alpha value is -3.20. The van der Waals surface area contributed by atoms with Gasteiger partial charge >= 0.3 is 12.1 Å². The van der Waals surface area contributed by atoms with Crippen molar-refractivity contribution in [2.75, 3.05) is 0 Å². The second-order valence-electron chi connectivity index (χ2n) is 5.94. The van der Waals surface area contributed by atoms with Crippen molar-refractivity contribution in [2.24, 2.45) is 4.99 Å². The van der Waals surface area contributed by atoms with Gasteiger partial charge in [0.2, 0.25) is 0 Å². The molecule has 0 saturated carbocycles. The van der Waals surface area contributed by atoms with E-state index in [0.29, 0.717) is 11.3 Å². The van der Waals surface area contributed by atoms with Crippen LogP contribution < -0.4 is 0 Å². The molecule has 1 aromatic heterocycles. The summed E-state index contributed by atoms with van der Waals surface area (Å²) in [4.78, 5) is 19.4. The fraction of sp³-hybridized carbons (Fsp3) is 0.111. The lowest BCUT2D eigenvalue weighted by molar-refractivity contribution is -0.137. The van der Waals surface area contributed by atoms with Gasteiger partial charge in [-0.05, 0) is 24.3 Å². The Morgan fingerprint density at radius 3 is 2.61 bits per heavy atom. The van der Waals surface area contributed by atoms with Crippen LogP contribution in [0.4, 0.5) is 13.2 Å². The number of carboxylic acids is 1. The second-order valence-corrected chi connectivity index (χ2v) is 6.37. The molecule has 0 bridgehead atoms. The zero-order valence-electron chi connectivity index (χ0n) is 13.9. The van der Waals surface area contributed by atoms with Gasteiger partial charge in [0.15, 0.2) is 5.82 Å². The average molecular weight is 407 g/mol. The van der Waals surface area contributed by atoms with E-state index < -0.39 is 23.5 Å². The van der Waals surface area contributed by atoms with E-state index in [9.17, 15) is 18.0 Å². The first-order valence-electron chi connectivity index (χ1n) is 7.96. The van der Waals surface area contributed by atoms with Crippen LogP contribution in [0.15, 0.2) is 47.5 Å². The molecule has 0 radical (unpaired) electrons. The van der Waals surface area contributed by atoms with Crippen LogP contribution in [0.3, 0.4) is 0 Å². The first kappa shape index (κ1) is 18.2. The molecule has 1 aliphatic rings. The topological polar surface area (TPSA) is 80.4 Å². The standard InChI is InChI=1S/C18H10ClF3N4O2/c19-9-5-6-13-11(7-9)15(10-3-1-2-4-12(10)18(20,21)22)23-8-14-24-16(17(27)28)25-26(13)14/h1-7H,8H2,(H,27,28). The minimum atomic E-state index is -4.58. The van der Waals surface area contributed by atoms with Gasteiger partial charge in [-0.2, -0.15) is 13.2 Å². The SMILES string of the molecule is O=C(O)c1nc2n(n1)-c1ccc(Cl)cc1C(c1ccccc1C(F)(F)F)=NC2. The summed E-state index contributed by atoms with van der Waals surface area (Å²) in [6.45, 7) is -0.145. The summed E-state index contributed by atoms with van der Waals surface area (Å²) in [5, 5.41) is 13.4. The Morgan fingerprint density at radius 2 is 1.89 bits per heavy atom. The van der Waals surface area contributed by atoms with E-state index in [1.54, 1.807) is 6.07 Å². The van der Waals surface area contributed by atoms with Crippen molar-refractivity contribution in [3.63, 3.8) is 0 Å². The fourth-order valence-electron chi connectivity index (χ4n) is 3.01. The average Bonchev–Trinajstić information content (AvgIpc) is 3.00. The van der Waals surface area contributed by atoms with Crippen LogP contribution in [-0.2, 0) is 12.7 Å². The lowest BCUT2D eigenvalue weighted by atomic mass is 9.96. The zero-order valence-corrected chi connectivity index (χ0v) is 14.7. The van der Waals surface area contributed by atoms with E-state index in [-0.39, 0.29) is 28.7 Å². The Labute approximate surface area is 160 Å². The van der Waals surface area contributed by atoms with Gasteiger partial charge < -0.3 is 5.11 Å². The predicted octanol–water partition coefficient (Wildman–Crippen LogP) is 3.99. The van der Waals surface area contributed by atoms with Gasteiger partial charge in [0.05, 0.1) is 23.5 Å². The Kier molecular flexibility index (Phi) is 4.19. The lowest BCUT2D eigenvalue weighted by Gasteiger charge is -2.16. The van der Waals surface area contributed by atoms with Crippen LogP contribution in [0, 0.1) is 0 Å². The molecular weight excluding hydrogens is 397 g/mol. The zero-order chi connectivity index (χ0) is 20.1. The number of aromatic nitrogens is 3. The van der Waals surface area contributed by atoms with Crippen LogP contribution in [0.25, 0.3) is 5.69 Å². The molecule has 0 atom stereocenters. The van der Waals surface area contributed by atoms with E-state index >= 15 is 0 Å². The van der Waals surface area contributed by atoms with Crippen LogP contribution >= 0.6 is 11.6 Å². The molecule has 2 heterocycles. The van der Waals surface area contributed by atoms with Crippen molar-refractivity contribution < 1.29 is 23.1 Å². The van der Waals surface area contributed by atoms with Crippen molar-refractivity contribution in [3.8, 4) is 5.69 Å². The monoisotopic (exact) mass is 406 g/mol. The molecule has 142 valence electrons. The number of aromatic carboxylic acids is 1. The molecule has 1 aliphatic heterocycles. The number of fused-ring (bicyclic) bond motifs is 3. The molecule has 10 heteroatoms. The molecule has 0 spiro atoms. The van der Waals surface area contributed by atoms with Crippen molar-refractivity contribution in [2.45, 2.75) is 12.7 Å². The number of benzene rings is 2. The van der Waals surface area contributed by atoms with Gasteiger partial charge in [0, 0.05) is 16.1 Å². The summed E-state index contributed by atoms with van der Waals surface area (Å²) in [5.74, 6) is -1.55. The molecule has 6 nitrogen and oxygen atoms in total. The predicted molar refractivity (Wildman–Crippen MR) is 94.1 cm³/mol. The third kappa shape index (κ3) is 3.03. The van der Waals surface area contributed by atoms with E-state index in [4.69, 9.17) is 16.7 Å². The summed E-state index contributed by atoms with van der Waals surface area (Å²) >= 11 is 6.08. The van der Waals surface area contributed by atoms with Gasteiger partial charge in [-0.3, -0.25) is 4.99 Å². The lowest BCUT2D eigenvalue weighted by Crippen LogP contribution is -2.15. The maximum atomic E-state index is 13.5. The third-order valence-electron chi connectivity index (χ3n) is 4.17. The third-order valence-corrected chi connectivity index (χ3v) is 4.41. The van der Waals surface area contributed by atoms with Crippen LogP contribution in [0.1, 0.15) is 33.1 Å². The maximum absolute atomic E-state index is 13.5. The first-order chi connectivity index (χ1) is 13.3.